The molecule has 1 aromatic carbocycles. The monoisotopic (exact) mass is 296 g/mol. The Morgan fingerprint density at radius 2 is 1.68 bits per heavy atom. The Hall–Kier alpha value is -0.990. The first-order valence-corrected chi connectivity index (χ1v) is 7.38. The highest BCUT2D eigenvalue weighted by atomic mass is 35.5. The molecule has 0 aliphatic carbocycles. The number of nitrogens with zero attached hydrogens (tertiary/aromatic N) is 2. The van der Waals surface area contributed by atoms with Crippen LogP contribution in [-0.2, 0) is 19.9 Å². The zero-order valence-corrected chi connectivity index (χ0v) is 12.5. The molecule has 0 aliphatic rings. The first-order valence-electron chi connectivity index (χ1n) is 6.31. The summed E-state index contributed by atoms with van der Waals surface area (Å²) in [4.78, 5) is 0. The van der Waals surface area contributed by atoms with E-state index in [1.54, 1.807) is 0 Å². The molecule has 102 valence electrons. The van der Waals surface area contributed by atoms with Crippen molar-refractivity contribution in [3.63, 3.8) is 0 Å². The van der Waals surface area contributed by atoms with Gasteiger partial charge in [0, 0.05) is 30.4 Å². The Labute approximate surface area is 124 Å². The quantitative estimate of drug-likeness (QED) is 0.744. The third-order valence-corrected chi connectivity index (χ3v) is 4.46. The van der Waals surface area contributed by atoms with Gasteiger partial charge >= 0.3 is 0 Å². The number of halogens is 2. The van der Waals surface area contributed by atoms with Gasteiger partial charge in [0.1, 0.15) is 0 Å². The maximum absolute atomic E-state index is 6.22. The van der Waals surface area contributed by atoms with Gasteiger partial charge in [0.2, 0.25) is 0 Å². The molecule has 0 aliphatic heterocycles. The van der Waals surface area contributed by atoms with Crippen LogP contribution in [-0.4, -0.2) is 21.5 Å². The van der Waals surface area contributed by atoms with Crippen LogP contribution in [0.2, 0.25) is 0 Å². The molecule has 0 bridgehead atoms. The zero-order valence-electron chi connectivity index (χ0n) is 11.0. The molecule has 2 rings (SSSR count). The first kappa shape index (κ1) is 14.4. The van der Waals surface area contributed by atoms with E-state index >= 15 is 0 Å². The van der Waals surface area contributed by atoms with E-state index in [0.29, 0.717) is 11.8 Å². The minimum Gasteiger partial charge on any atom is -0.276 e. The molecule has 0 radical (unpaired) electrons. The Bertz CT molecular complexity index is 504. The molecule has 1 heterocycles. The first-order chi connectivity index (χ1) is 9.17. The molecule has 0 unspecified atom stereocenters. The number of hydrogen-bond donors (Lipinski definition) is 0. The van der Waals surface area contributed by atoms with Crippen LogP contribution >= 0.6 is 23.2 Å². The predicted molar refractivity (Wildman–Crippen MR) is 80.9 cm³/mol. The standard InChI is InChI=1S/C15H18Cl2N2/c1-19-10-14(9-18-19)8-15(11-16,12-17)7-13-5-3-2-4-6-13/h2-6,9-10H,7-8,11-12H2,1H3. The summed E-state index contributed by atoms with van der Waals surface area (Å²) in [6.45, 7) is 0. The van der Waals surface area contributed by atoms with Gasteiger partial charge in [0.15, 0.2) is 0 Å². The van der Waals surface area contributed by atoms with Crippen molar-refractivity contribution in [3.8, 4) is 0 Å². The SMILES string of the molecule is Cn1cc(CC(CCl)(CCl)Cc2ccccc2)cn1. The number of rotatable bonds is 6. The second-order valence-corrected chi connectivity index (χ2v) is 5.66. The molecule has 2 aromatic rings. The predicted octanol–water partition coefficient (Wildman–Crippen LogP) is 3.67. The van der Waals surface area contributed by atoms with Gasteiger partial charge in [-0.3, -0.25) is 4.68 Å². The van der Waals surface area contributed by atoms with Gasteiger partial charge in [-0.1, -0.05) is 30.3 Å². The summed E-state index contributed by atoms with van der Waals surface area (Å²) < 4.78 is 1.81. The summed E-state index contributed by atoms with van der Waals surface area (Å²) in [7, 11) is 1.92. The van der Waals surface area contributed by atoms with Crippen LogP contribution in [0, 0.1) is 5.41 Å². The van der Waals surface area contributed by atoms with Gasteiger partial charge in [0.05, 0.1) is 6.20 Å². The Balaban J connectivity index is 2.17. The lowest BCUT2D eigenvalue weighted by Gasteiger charge is -2.29. The van der Waals surface area contributed by atoms with Crippen molar-refractivity contribution in [3.05, 3.63) is 53.9 Å². The van der Waals surface area contributed by atoms with E-state index in [2.05, 4.69) is 17.2 Å². The summed E-state index contributed by atoms with van der Waals surface area (Å²) in [5.41, 5.74) is 2.33. The van der Waals surface area contributed by atoms with E-state index in [0.717, 1.165) is 12.8 Å². The average molecular weight is 297 g/mol. The number of hydrogen-bond acceptors (Lipinski definition) is 1. The maximum Gasteiger partial charge on any atom is 0.0521 e. The number of benzene rings is 1. The molecule has 2 nitrogen and oxygen atoms in total. The van der Waals surface area contributed by atoms with Gasteiger partial charge in [-0.15, -0.1) is 23.2 Å². The van der Waals surface area contributed by atoms with Crippen molar-refractivity contribution >= 4 is 23.2 Å². The Morgan fingerprint density at radius 3 is 2.21 bits per heavy atom. The van der Waals surface area contributed by atoms with Gasteiger partial charge in [0.25, 0.3) is 0 Å². The van der Waals surface area contributed by atoms with Crippen molar-refractivity contribution in [2.45, 2.75) is 12.8 Å². The van der Waals surface area contributed by atoms with E-state index in [4.69, 9.17) is 23.2 Å². The van der Waals surface area contributed by atoms with Crippen molar-refractivity contribution in [1.82, 2.24) is 9.78 Å². The molecule has 0 saturated carbocycles. The molecule has 0 saturated heterocycles. The van der Waals surface area contributed by atoms with E-state index in [-0.39, 0.29) is 5.41 Å². The third-order valence-electron chi connectivity index (χ3n) is 3.33. The normalized spacial score (nSPS) is 11.7. The molecule has 0 atom stereocenters. The van der Waals surface area contributed by atoms with Crippen LogP contribution in [0.1, 0.15) is 11.1 Å². The van der Waals surface area contributed by atoms with Gasteiger partial charge in [-0.25, -0.2) is 0 Å². The van der Waals surface area contributed by atoms with Crippen LogP contribution in [0.5, 0.6) is 0 Å². The maximum atomic E-state index is 6.22. The summed E-state index contributed by atoms with van der Waals surface area (Å²) in [5, 5.41) is 4.21. The summed E-state index contributed by atoms with van der Waals surface area (Å²) >= 11 is 12.4. The van der Waals surface area contributed by atoms with Crippen LogP contribution in [0.4, 0.5) is 0 Å². The smallest absolute Gasteiger partial charge is 0.0521 e. The van der Waals surface area contributed by atoms with E-state index < -0.39 is 0 Å². The van der Waals surface area contributed by atoms with E-state index in [1.165, 1.54) is 11.1 Å². The van der Waals surface area contributed by atoms with Gasteiger partial charge in [-0.2, -0.15) is 5.10 Å². The van der Waals surface area contributed by atoms with Crippen molar-refractivity contribution in [2.24, 2.45) is 12.5 Å². The molecule has 1 aromatic heterocycles. The topological polar surface area (TPSA) is 17.8 Å². The summed E-state index contributed by atoms with van der Waals surface area (Å²) in [6.07, 6.45) is 5.65. The lowest BCUT2D eigenvalue weighted by Crippen LogP contribution is -2.30. The number of aromatic nitrogens is 2. The van der Waals surface area contributed by atoms with Crippen LogP contribution in [0.25, 0.3) is 0 Å². The molecule has 0 fully saturated rings. The second kappa shape index (κ2) is 6.44. The summed E-state index contributed by atoms with van der Waals surface area (Å²) in [5.74, 6) is 1.08. The second-order valence-electron chi connectivity index (χ2n) is 5.13. The number of alkyl halides is 2. The molecule has 0 amide bonds. The fraction of sp³-hybridized carbons (Fsp3) is 0.400. The summed E-state index contributed by atoms with van der Waals surface area (Å²) in [6, 6.07) is 10.4. The minimum atomic E-state index is -0.118. The Morgan fingerprint density at radius 1 is 1.05 bits per heavy atom. The molecule has 4 heteroatoms. The highest BCUT2D eigenvalue weighted by Gasteiger charge is 2.29. The zero-order chi connectivity index (χ0) is 13.7. The lowest BCUT2D eigenvalue weighted by molar-refractivity contribution is 0.374. The average Bonchev–Trinajstić information content (AvgIpc) is 2.84. The molecular weight excluding hydrogens is 279 g/mol. The lowest BCUT2D eigenvalue weighted by atomic mass is 9.80. The van der Waals surface area contributed by atoms with E-state index in [1.807, 2.05) is 42.3 Å². The number of aryl methyl sites for hydroxylation is 1. The van der Waals surface area contributed by atoms with Crippen molar-refractivity contribution in [2.75, 3.05) is 11.8 Å². The van der Waals surface area contributed by atoms with Gasteiger partial charge < -0.3 is 0 Å². The fourth-order valence-corrected chi connectivity index (χ4v) is 2.98. The minimum absolute atomic E-state index is 0.118. The van der Waals surface area contributed by atoms with Crippen LogP contribution in [0.15, 0.2) is 42.7 Å². The Kier molecular flexibility index (Phi) is 4.89. The molecular formula is C15H18Cl2N2. The van der Waals surface area contributed by atoms with Crippen molar-refractivity contribution < 1.29 is 0 Å². The fourth-order valence-electron chi connectivity index (χ4n) is 2.31. The van der Waals surface area contributed by atoms with Gasteiger partial charge in [-0.05, 0) is 24.0 Å². The van der Waals surface area contributed by atoms with Crippen LogP contribution < -0.4 is 0 Å². The largest absolute Gasteiger partial charge is 0.276 e. The molecule has 19 heavy (non-hydrogen) atoms. The van der Waals surface area contributed by atoms with E-state index in [9.17, 15) is 0 Å². The highest BCUT2D eigenvalue weighted by molar-refractivity contribution is 6.21. The van der Waals surface area contributed by atoms with Crippen LogP contribution in [0.3, 0.4) is 0 Å². The third kappa shape index (κ3) is 3.74. The molecule has 0 spiro atoms. The molecule has 0 N–H and O–H groups in total. The van der Waals surface area contributed by atoms with Crippen molar-refractivity contribution in [1.29, 1.82) is 0 Å². The highest BCUT2D eigenvalue weighted by Crippen LogP contribution is 2.31.